The van der Waals surface area contributed by atoms with Crippen molar-refractivity contribution in [2.75, 3.05) is 5.32 Å². The summed E-state index contributed by atoms with van der Waals surface area (Å²) in [5, 5.41) is 3.42. The molecular weight excluding hydrogens is 196 g/mol. The lowest BCUT2D eigenvalue weighted by molar-refractivity contribution is 0.871. The first-order chi connectivity index (χ1) is 7.77. The molecular formula is C14H16N2. The number of nitrogens with one attached hydrogen (secondary N) is 1. The van der Waals surface area contributed by atoms with Crippen molar-refractivity contribution in [2.45, 2.75) is 19.9 Å². The Morgan fingerprint density at radius 1 is 1.06 bits per heavy atom. The van der Waals surface area contributed by atoms with Crippen LogP contribution in [0.2, 0.25) is 0 Å². The maximum absolute atomic E-state index is 4.33. The molecule has 2 rings (SSSR count). The Balaban J connectivity index is 2.14. The summed E-state index contributed by atoms with van der Waals surface area (Å²) in [5.41, 5.74) is 2.44. The lowest BCUT2D eigenvalue weighted by Crippen LogP contribution is -2.08. The Hall–Kier alpha value is -1.83. The summed E-state index contributed by atoms with van der Waals surface area (Å²) in [7, 11) is 0. The van der Waals surface area contributed by atoms with E-state index in [4.69, 9.17) is 0 Å². The molecule has 1 aromatic heterocycles. The fraction of sp³-hybridized carbons (Fsp3) is 0.214. The molecule has 2 aromatic rings. The molecule has 0 radical (unpaired) electrons. The monoisotopic (exact) mass is 212 g/mol. The Kier molecular flexibility index (Phi) is 3.20. The normalized spacial score (nSPS) is 12.1. The second kappa shape index (κ2) is 4.79. The molecule has 0 fully saturated rings. The van der Waals surface area contributed by atoms with Crippen molar-refractivity contribution in [3.63, 3.8) is 0 Å². The molecule has 2 heteroatoms. The molecule has 1 aromatic carbocycles. The Labute approximate surface area is 96.4 Å². The second-order valence-electron chi connectivity index (χ2n) is 3.95. The van der Waals surface area contributed by atoms with Crippen LogP contribution in [0.5, 0.6) is 0 Å². The van der Waals surface area contributed by atoms with E-state index in [1.807, 2.05) is 18.3 Å². The minimum absolute atomic E-state index is 0.273. The van der Waals surface area contributed by atoms with Gasteiger partial charge in [0.15, 0.2) is 0 Å². The number of aromatic nitrogens is 1. The van der Waals surface area contributed by atoms with Crippen LogP contribution in [-0.2, 0) is 0 Å². The van der Waals surface area contributed by atoms with Gasteiger partial charge in [0.05, 0.1) is 0 Å². The molecule has 0 unspecified atom stereocenters. The highest BCUT2D eigenvalue weighted by Gasteiger charge is 2.06. The summed E-state index contributed by atoms with van der Waals surface area (Å²) in [5.74, 6) is 0.957. The fourth-order valence-electron chi connectivity index (χ4n) is 1.67. The van der Waals surface area contributed by atoms with E-state index in [9.17, 15) is 0 Å². The Bertz CT molecular complexity index is 451. The number of hydrogen-bond donors (Lipinski definition) is 1. The van der Waals surface area contributed by atoms with Crippen LogP contribution in [0, 0.1) is 6.92 Å². The predicted molar refractivity (Wildman–Crippen MR) is 67.5 cm³/mol. The van der Waals surface area contributed by atoms with Gasteiger partial charge in [0.2, 0.25) is 0 Å². The Morgan fingerprint density at radius 3 is 2.50 bits per heavy atom. The average molecular weight is 212 g/mol. The van der Waals surface area contributed by atoms with Crippen LogP contribution in [0.3, 0.4) is 0 Å². The average Bonchev–Trinajstić information content (AvgIpc) is 2.33. The molecule has 2 nitrogen and oxygen atoms in total. The summed E-state index contributed by atoms with van der Waals surface area (Å²) in [6, 6.07) is 14.7. The van der Waals surface area contributed by atoms with Gasteiger partial charge < -0.3 is 5.32 Å². The zero-order valence-electron chi connectivity index (χ0n) is 9.64. The van der Waals surface area contributed by atoms with E-state index in [1.54, 1.807) is 0 Å². The number of hydrogen-bond acceptors (Lipinski definition) is 2. The van der Waals surface area contributed by atoms with Gasteiger partial charge in [-0.1, -0.05) is 36.4 Å². The van der Waals surface area contributed by atoms with E-state index in [0.717, 1.165) is 5.82 Å². The lowest BCUT2D eigenvalue weighted by Gasteiger charge is -2.16. The second-order valence-corrected chi connectivity index (χ2v) is 3.95. The highest BCUT2D eigenvalue weighted by molar-refractivity contribution is 5.44. The largest absolute Gasteiger partial charge is 0.363 e. The third-order valence-corrected chi connectivity index (χ3v) is 2.66. The van der Waals surface area contributed by atoms with E-state index < -0.39 is 0 Å². The third kappa shape index (κ3) is 2.40. The predicted octanol–water partition coefficient (Wildman–Crippen LogP) is 3.56. The van der Waals surface area contributed by atoms with Gasteiger partial charge in [0, 0.05) is 12.2 Å². The van der Waals surface area contributed by atoms with Crippen LogP contribution in [0.1, 0.15) is 24.1 Å². The first-order valence-electron chi connectivity index (χ1n) is 5.50. The van der Waals surface area contributed by atoms with Gasteiger partial charge in [-0.05, 0) is 31.0 Å². The van der Waals surface area contributed by atoms with Crippen LogP contribution < -0.4 is 5.32 Å². The zero-order valence-corrected chi connectivity index (χ0v) is 9.64. The van der Waals surface area contributed by atoms with Gasteiger partial charge in [0.1, 0.15) is 5.82 Å². The first kappa shape index (κ1) is 10.7. The van der Waals surface area contributed by atoms with E-state index in [-0.39, 0.29) is 6.04 Å². The molecule has 0 amide bonds. The van der Waals surface area contributed by atoms with Crippen molar-refractivity contribution in [1.29, 1.82) is 0 Å². The van der Waals surface area contributed by atoms with E-state index >= 15 is 0 Å². The van der Waals surface area contributed by atoms with Crippen molar-refractivity contribution in [2.24, 2.45) is 0 Å². The molecule has 0 spiro atoms. The SMILES string of the molecule is Cc1cccnc1N[C@@H](C)c1ccccc1. The number of anilines is 1. The quantitative estimate of drug-likeness (QED) is 0.841. The molecule has 0 bridgehead atoms. The standard InChI is InChI=1S/C14H16N2/c1-11-7-6-10-15-14(11)16-12(2)13-8-4-3-5-9-13/h3-10,12H,1-2H3,(H,15,16)/t12-/m0/s1. The summed E-state index contributed by atoms with van der Waals surface area (Å²) < 4.78 is 0. The molecule has 0 saturated carbocycles. The van der Waals surface area contributed by atoms with Crippen molar-refractivity contribution in [1.82, 2.24) is 4.98 Å². The van der Waals surface area contributed by atoms with Gasteiger partial charge in [-0.2, -0.15) is 0 Å². The van der Waals surface area contributed by atoms with Crippen LogP contribution in [0.25, 0.3) is 0 Å². The minimum Gasteiger partial charge on any atom is -0.363 e. The molecule has 0 aliphatic carbocycles. The number of nitrogens with zero attached hydrogens (tertiary/aromatic N) is 1. The molecule has 1 N–H and O–H groups in total. The van der Waals surface area contributed by atoms with Crippen LogP contribution in [0.15, 0.2) is 48.7 Å². The highest BCUT2D eigenvalue weighted by atomic mass is 15.0. The zero-order chi connectivity index (χ0) is 11.4. The van der Waals surface area contributed by atoms with Gasteiger partial charge in [0.25, 0.3) is 0 Å². The molecule has 0 aliphatic rings. The van der Waals surface area contributed by atoms with Crippen LogP contribution >= 0.6 is 0 Å². The molecule has 1 atom stereocenters. The van der Waals surface area contributed by atoms with Crippen LogP contribution in [0.4, 0.5) is 5.82 Å². The summed E-state index contributed by atoms with van der Waals surface area (Å²) in [4.78, 5) is 4.33. The van der Waals surface area contributed by atoms with Gasteiger partial charge in [-0.3, -0.25) is 0 Å². The highest BCUT2D eigenvalue weighted by Crippen LogP contribution is 2.19. The minimum atomic E-state index is 0.273. The maximum atomic E-state index is 4.33. The van der Waals surface area contributed by atoms with Gasteiger partial charge >= 0.3 is 0 Å². The topological polar surface area (TPSA) is 24.9 Å². The molecule has 0 aliphatic heterocycles. The van der Waals surface area contributed by atoms with Crippen molar-refractivity contribution < 1.29 is 0 Å². The first-order valence-corrected chi connectivity index (χ1v) is 5.50. The molecule has 16 heavy (non-hydrogen) atoms. The summed E-state index contributed by atoms with van der Waals surface area (Å²) in [6.45, 7) is 4.20. The molecule has 0 saturated heterocycles. The van der Waals surface area contributed by atoms with E-state index in [1.165, 1.54) is 11.1 Å². The number of rotatable bonds is 3. The van der Waals surface area contributed by atoms with Gasteiger partial charge in [-0.25, -0.2) is 4.98 Å². The summed E-state index contributed by atoms with van der Waals surface area (Å²) >= 11 is 0. The van der Waals surface area contributed by atoms with Crippen molar-refractivity contribution >= 4 is 5.82 Å². The van der Waals surface area contributed by atoms with Crippen LogP contribution in [-0.4, -0.2) is 4.98 Å². The Morgan fingerprint density at radius 2 is 1.81 bits per heavy atom. The molecule has 1 heterocycles. The number of aryl methyl sites for hydroxylation is 1. The number of pyridine rings is 1. The number of benzene rings is 1. The van der Waals surface area contributed by atoms with Crippen molar-refractivity contribution in [3.05, 3.63) is 59.8 Å². The smallest absolute Gasteiger partial charge is 0.129 e. The van der Waals surface area contributed by atoms with Gasteiger partial charge in [-0.15, -0.1) is 0 Å². The van der Waals surface area contributed by atoms with Crippen molar-refractivity contribution in [3.8, 4) is 0 Å². The lowest BCUT2D eigenvalue weighted by atomic mass is 10.1. The summed E-state index contributed by atoms with van der Waals surface area (Å²) in [6.07, 6.45) is 1.81. The third-order valence-electron chi connectivity index (χ3n) is 2.66. The maximum Gasteiger partial charge on any atom is 0.129 e. The fourth-order valence-corrected chi connectivity index (χ4v) is 1.67. The van der Waals surface area contributed by atoms with E-state index in [0.29, 0.717) is 0 Å². The molecule has 82 valence electrons. The van der Waals surface area contributed by atoms with E-state index in [2.05, 4.69) is 54.5 Å².